The molecule has 0 saturated carbocycles. The molecule has 1 aliphatic heterocycles. The fraction of sp³-hybridized carbons (Fsp3) is 0.600. The Labute approximate surface area is 116 Å². The minimum atomic E-state index is 0.728. The molecule has 1 aromatic rings. The van der Waals surface area contributed by atoms with Crippen LogP contribution in [-0.4, -0.2) is 17.5 Å². The van der Waals surface area contributed by atoms with Crippen LogP contribution < -0.4 is 5.32 Å². The Morgan fingerprint density at radius 1 is 1.33 bits per heavy atom. The average Bonchev–Trinajstić information content (AvgIpc) is 2.57. The van der Waals surface area contributed by atoms with E-state index in [1.165, 1.54) is 37.5 Å². The Kier molecular flexibility index (Phi) is 5.01. The van der Waals surface area contributed by atoms with Gasteiger partial charge in [-0.2, -0.15) is 11.8 Å². The molecule has 1 fully saturated rings. The van der Waals surface area contributed by atoms with E-state index < -0.39 is 0 Å². The van der Waals surface area contributed by atoms with Gasteiger partial charge in [-0.05, 0) is 62.3 Å². The summed E-state index contributed by atoms with van der Waals surface area (Å²) in [5, 5.41) is 3.63. The Balaban J connectivity index is 1.81. The standard InChI is InChI=1S/C10H13Br2NS2/c11-9-5-8(15-10(9)12)6-13-7-1-3-14-4-2-7/h5,7,13H,1-4,6H2. The van der Waals surface area contributed by atoms with Gasteiger partial charge >= 0.3 is 0 Å². The number of rotatable bonds is 3. The first-order valence-corrected chi connectivity index (χ1v) is 8.56. The van der Waals surface area contributed by atoms with Gasteiger partial charge in [-0.15, -0.1) is 11.3 Å². The second kappa shape index (κ2) is 6.05. The highest BCUT2D eigenvalue weighted by Gasteiger charge is 2.13. The number of halogens is 2. The SMILES string of the molecule is Brc1cc(CNC2CCSCC2)sc1Br. The molecule has 5 heteroatoms. The number of nitrogens with one attached hydrogen (secondary N) is 1. The molecular formula is C10H13Br2NS2. The highest BCUT2D eigenvalue weighted by atomic mass is 79.9. The maximum atomic E-state index is 3.63. The summed E-state index contributed by atoms with van der Waals surface area (Å²) in [6.45, 7) is 1.00. The summed E-state index contributed by atoms with van der Waals surface area (Å²) in [6, 6.07) is 2.92. The lowest BCUT2D eigenvalue weighted by Crippen LogP contribution is -2.31. The van der Waals surface area contributed by atoms with Crippen LogP contribution in [0.1, 0.15) is 17.7 Å². The second-order valence-electron chi connectivity index (χ2n) is 3.60. The van der Waals surface area contributed by atoms with E-state index in [2.05, 4.69) is 55.0 Å². The Hall–Kier alpha value is 0.970. The van der Waals surface area contributed by atoms with Gasteiger partial charge in [-0.1, -0.05) is 0 Å². The predicted octanol–water partition coefficient (Wildman–Crippen LogP) is 4.26. The van der Waals surface area contributed by atoms with Crippen molar-refractivity contribution in [3.8, 4) is 0 Å². The topological polar surface area (TPSA) is 12.0 Å². The van der Waals surface area contributed by atoms with E-state index in [1.807, 2.05) is 0 Å². The Morgan fingerprint density at radius 2 is 2.07 bits per heavy atom. The van der Waals surface area contributed by atoms with Gasteiger partial charge in [0, 0.05) is 21.9 Å². The second-order valence-corrected chi connectivity index (χ2v) is 8.14. The molecule has 0 aromatic carbocycles. The molecule has 15 heavy (non-hydrogen) atoms. The van der Waals surface area contributed by atoms with Crippen molar-refractivity contribution in [3.63, 3.8) is 0 Å². The molecule has 1 saturated heterocycles. The monoisotopic (exact) mass is 369 g/mol. The highest BCUT2D eigenvalue weighted by molar-refractivity contribution is 9.13. The van der Waals surface area contributed by atoms with E-state index in [9.17, 15) is 0 Å². The molecule has 0 spiro atoms. The van der Waals surface area contributed by atoms with E-state index in [-0.39, 0.29) is 0 Å². The maximum absolute atomic E-state index is 3.63. The van der Waals surface area contributed by atoms with Crippen molar-refractivity contribution in [2.45, 2.75) is 25.4 Å². The van der Waals surface area contributed by atoms with Gasteiger partial charge < -0.3 is 5.32 Å². The predicted molar refractivity (Wildman–Crippen MR) is 76.9 cm³/mol. The van der Waals surface area contributed by atoms with Crippen molar-refractivity contribution in [2.75, 3.05) is 11.5 Å². The van der Waals surface area contributed by atoms with Crippen LogP contribution in [0.25, 0.3) is 0 Å². The molecule has 0 atom stereocenters. The molecule has 1 nitrogen and oxygen atoms in total. The minimum absolute atomic E-state index is 0.728. The van der Waals surface area contributed by atoms with E-state index >= 15 is 0 Å². The van der Waals surface area contributed by atoms with Gasteiger partial charge in [-0.3, -0.25) is 0 Å². The third kappa shape index (κ3) is 3.73. The van der Waals surface area contributed by atoms with E-state index in [0.717, 1.165) is 12.6 Å². The van der Waals surface area contributed by atoms with Crippen LogP contribution in [0.3, 0.4) is 0 Å². The van der Waals surface area contributed by atoms with Crippen molar-refractivity contribution < 1.29 is 0 Å². The number of thioether (sulfide) groups is 1. The Morgan fingerprint density at radius 3 is 2.67 bits per heavy atom. The number of hydrogen-bond acceptors (Lipinski definition) is 3. The van der Waals surface area contributed by atoms with Crippen LogP contribution >= 0.6 is 55.0 Å². The molecule has 0 aliphatic carbocycles. The maximum Gasteiger partial charge on any atom is 0.0843 e. The Bertz CT molecular complexity index is 302. The first kappa shape index (κ1) is 12.4. The van der Waals surface area contributed by atoms with E-state index in [1.54, 1.807) is 11.3 Å². The molecule has 1 N–H and O–H groups in total. The van der Waals surface area contributed by atoms with Crippen LogP contribution in [0.15, 0.2) is 14.3 Å². The molecule has 0 unspecified atom stereocenters. The summed E-state index contributed by atoms with van der Waals surface area (Å²) >= 11 is 10.9. The summed E-state index contributed by atoms with van der Waals surface area (Å²) in [4.78, 5) is 1.40. The third-order valence-corrected chi connectivity index (χ3v) is 6.79. The smallest absolute Gasteiger partial charge is 0.0843 e. The van der Waals surface area contributed by atoms with Crippen LogP contribution in [0, 0.1) is 0 Å². The van der Waals surface area contributed by atoms with Crippen LogP contribution in [0.4, 0.5) is 0 Å². The summed E-state index contributed by atoms with van der Waals surface area (Å²) in [7, 11) is 0. The minimum Gasteiger partial charge on any atom is -0.309 e. The number of hydrogen-bond donors (Lipinski definition) is 1. The van der Waals surface area contributed by atoms with Gasteiger partial charge in [0.05, 0.1) is 3.79 Å². The first-order chi connectivity index (χ1) is 7.25. The van der Waals surface area contributed by atoms with E-state index in [0.29, 0.717) is 0 Å². The normalized spacial score (nSPS) is 18.3. The van der Waals surface area contributed by atoms with E-state index in [4.69, 9.17) is 0 Å². The molecular weight excluding hydrogens is 358 g/mol. The van der Waals surface area contributed by atoms with Crippen molar-refractivity contribution in [1.29, 1.82) is 0 Å². The fourth-order valence-electron chi connectivity index (χ4n) is 1.63. The van der Waals surface area contributed by atoms with Crippen molar-refractivity contribution in [3.05, 3.63) is 19.2 Å². The van der Waals surface area contributed by atoms with Gasteiger partial charge in [0.25, 0.3) is 0 Å². The van der Waals surface area contributed by atoms with Crippen molar-refractivity contribution in [2.24, 2.45) is 0 Å². The first-order valence-electron chi connectivity index (χ1n) is 5.00. The van der Waals surface area contributed by atoms with Gasteiger partial charge in [0.1, 0.15) is 0 Å². The van der Waals surface area contributed by atoms with Gasteiger partial charge in [0.15, 0.2) is 0 Å². The quantitative estimate of drug-likeness (QED) is 0.853. The molecule has 0 bridgehead atoms. The highest BCUT2D eigenvalue weighted by Crippen LogP contribution is 2.32. The molecule has 1 aliphatic rings. The van der Waals surface area contributed by atoms with Crippen LogP contribution in [-0.2, 0) is 6.54 Å². The zero-order valence-electron chi connectivity index (χ0n) is 8.26. The zero-order chi connectivity index (χ0) is 10.7. The van der Waals surface area contributed by atoms with Crippen molar-refractivity contribution in [1.82, 2.24) is 5.32 Å². The molecule has 84 valence electrons. The summed E-state index contributed by atoms with van der Waals surface area (Å²) in [5.41, 5.74) is 0. The summed E-state index contributed by atoms with van der Waals surface area (Å²) < 4.78 is 2.36. The lowest BCUT2D eigenvalue weighted by Gasteiger charge is -2.22. The lowest BCUT2D eigenvalue weighted by atomic mass is 10.1. The summed E-state index contributed by atoms with van der Waals surface area (Å²) in [6.07, 6.45) is 2.64. The molecule has 0 amide bonds. The van der Waals surface area contributed by atoms with Crippen LogP contribution in [0.5, 0.6) is 0 Å². The molecule has 0 radical (unpaired) electrons. The van der Waals surface area contributed by atoms with Crippen LogP contribution in [0.2, 0.25) is 0 Å². The fourth-order valence-corrected chi connectivity index (χ4v) is 4.86. The summed E-state index contributed by atoms with van der Waals surface area (Å²) in [5.74, 6) is 2.63. The van der Waals surface area contributed by atoms with Crippen molar-refractivity contribution >= 4 is 55.0 Å². The van der Waals surface area contributed by atoms with Gasteiger partial charge in [0.2, 0.25) is 0 Å². The molecule has 2 heterocycles. The molecule has 1 aromatic heterocycles. The largest absolute Gasteiger partial charge is 0.309 e. The zero-order valence-corrected chi connectivity index (χ0v) is 13.1. The number of thiophene rings is 1. The third-order valence-electron chi connectivity index (χ3n) is 2.48. The molecule has 2 rings (SSSR count). The van der Waals surface area contributed by atoms with Gasteiger partial charge in [-0.25, -0.2) is 0 Å². The average molecular weight is 371 g/mol. The lowest BCUT2D eigenvalue weighted by molar-refractivity contribution is 0.484.